The normalized spacial score (nSPS) is 11.0. The standard InChI is InChI=1S/C22H18F2N2O5S/c1-26(19-5-3-2-4-6-19)32(29,30)20-9-7-15(8-10-20)22(28)31-14-21(27)25-18-12-16(23)11-17(24)13-18/h2-13H,14H2,1H3,(H,25,27). The number of halogens is 2. The Bertz CT molecular complexity index is 1210. The fourth-order valence-electron chi connectivity index (χ4n) is 2.74. The molecule has 0 heterocycles. The van der Waals surface area contributed by atoms with Crippen LogP contribution in [0.1, 0.15) is 10.4 Å². The fraction of sp³-hybridized carbons (Fsp3) is 0.0909. The number of amides is 1. The quantitative estimate of drug-likeness (QED) is 0.544. The average molecular weight is 460 g/mol. The minimum Gasteiger partial charge on any atom is -0.452 e. The van der Waals surface area contributed by atoms with Crippen molar-refractivity contribution in [2.75, 3.05) is 23.3 Å². The molecule has 3 aromatic carbocycles. The molecule has 0 aromatic heterocycles. The lowest BCUT2D eigenvalue weighted by Crippen LogP contribution is -2.26. The molecule has 10 heteroatoms. The summed E-state index contributed by atoms with van der Waals surface area (Å²) in [5, 5.41) is 2.21. The lowest BCUT2D eigenvalue weighted by molar-refractivity contribution is -0.119. The summed E-state index contributed by atoms with van der Waals surface area (Å²) in [6.45, 7) is -0.701. The minimum absolute atomic E-state index is 0.0240. The molecule has 0 radical (unpaired) electrons. The van der Waals surface area contributed by atoms with Gasteiger partial charge >= 0.3 is 5.97 Å². The molecule has 0 saturated carbocycles. The summed E-state index contributed by atoms with van der Waals surface area (Å²) in [6.07, 6.45) is 0. The smallest absolute Gasteiger partial charge is 0.338 e. The van der Waals surface area contributed by atoms with Crippen LogP contribution in [-0.2, 0) is 19.6 Å². The van der Waals surface area contributed by atoms with Crippen LogP contribution in [0.25, 0.3) is 0 Å². The summed E-state index contributed by atoms with van der Waals surface area (Å²) in [6, 6.07) is 16.0. The van der Waals surface area contributed by atoms with E-state index >= 15 is 0 Å². The van der Waals surface area contributed by atoms with Crippen LogP contribution < -0.4 is 9.62 Å². The Morgan fingerprint density at radius 2 is 1.53 bits per heavy atom. The van der Waals surface area contributed by atoms with Crippen LogP contribution in [0, 0.1) is 11.6 Å². The molecule has 0 bridgehead atoms. The largest absolute Gasteiger partial charge is 0.452 e. The van der Waals surface area contributed by atoms with Gasteiger partial charge in [0.2, 0.25) is 0 Å². The molecular weight excluding hydrogens is 442 g/mol. The molecule has 0 fully saturated rings. The van der Waals surface area contributed by atoms with Gasteiger partial charge in [-0.05, 0) is 48.5 Å². The molecule has 3 aromatic rings. The van der Waals surface area contributed by atoms with Crippen LogP contribution in [-0.4, -0.2) is 33.9 Å². The zero-order valence-corrected chi connectivity index (χ0v) is 17.6. The molecule has 0 aliphatic heterocycles. The Morgan fingerprint density at radius 1 is 0.938 bits per heavy atom. The molecule has 0 aliphatic carbocycles. The Balaban J connectivity index is 1.61. The second-order valence-corrected chi connectivity index (χ2v) is 8.58. The third kappa shape index (κ3) is 5.46. The van der Waals surface area contributed by atoms with Gasteiger partial charge in [-0.3, -0.25) is 9.10 Å². The van der Waals surface area contributed by atoms with Crippen molar-refractivity contribution in [2.24, 2.45) is 0 Å². The van der Waals surface area contributed by atoms with Crippen molar-refractivity contribution in [1.82, 2.24) is 0 Å². The lowest BCUT2D eigenvalue weighted by atomic mass is 10.2. The van der Waals surface area contributed by atoms with Crippen molar-refractivity contribution >= 4 is 33.3 Å². The molecule has 166 valence electrons. The van der Waals surface area contributed by atoms with Crippen LogP contribution in [0.3, 0.4) is 0 Å². The molecule has 0 atom stereocenters. The second-order valence-electron chi connectivity index (χ2n) is 6.61. The maximum absolute atomic E-state index is 13.2. The summed E-state index contributed by atoms with van der Waals surface area (Å²) in [5.41, 5.74) is 0.372. The number of nitrogens with one attached hydrogen (secondary N) is 1. The molecule has 0 spiro atoms. The van der Waals surface area contributed by atoms with Crippen LogP contribution in [0.2, 0.25) is 0 Å². The van der Waals surface area contributed by atoms with Crippen molar-refractivity contribution in [3.63, 3.8) is 0 Å². The number of carbonyl (C=O) groups is 2. The van der Waals surface area contributed by atoms with Gasteiger partial charge in [-0.2, -0.15) is 0 Å². The maximum atomic E-state index is 13.2. The van der Waals surface area contributed by atoms with Gasteiger partial charge in [0.25, 0.3) is 15.9 Å². The van der Waals surface area contributed by atoms with E-state index in [1.165, 1.54) is 31.3 Å². The van der Waals surface area contributed by atoms with E-state index in [0.717, 1.165) is 16.4 Å². The molecule has 0 saturated heterocycles. The number of esters is 1. The highest BCUT2D eigenvalue weighted by molar-refractivity contribution is 7.92. The first-order valence-corrected chi connectivity index (χ1v) is 10.7. The monoisotopic (exact) mass is 460 g/mol. The second kappa shape index (κ2) is 9.56. The zero-order valence-electron chi connectivity index (χ0n) is 16.8. The first-order chi connectivity index (χ1) is 15.2. The molecule has 3 rings (SSSR count). The molecule has 32 heavy (non-hydrogen) atoms. The Labute approximate surface area is 183 Å². The van der Waals surface area contributed by atoms with E-state index in [4.69, 9.17) is 4.74 Å². The van der Waals surface area contributed by atoms with Gasteiger partial charge in [0.05, 0.1) is 16.1 Å². The third-order valence-corrected chi connectivity index (χ3v) is 6.15. The molecule has 1 amide bonds. The van der Waals surface area contributed by atoms with Gasteiger partial charge in [-0.15, -0.1) is 0 Å². The maximum Gasteiger partial charge on any atom is 0.338 e. The van der Waals surface area contributed by atoms with Gasteiger partial charge in [0, 0.05) is 18.8 Å². The average Bonchev–Trinajstić information content (AvgIpc) is 2.77. The number of hydrogen-bond acceptors (Lipinski definition) is 5. The van der Waals surface area contributed by atoms with E-state index in [9.17, 15) is 26.8 Å². The molecular formula is C22H18F2N2O5S. The van der Waals surface area contributed by atoms with E-state index < -0.39 is 40.1 Å². The van der Waals surface area contributed by atoms with Gasteiger partial charge in [0.15, 0.2) is 6.61 Å². The molecule has 7 nitrogen and oxygen atoms in total. The topological polar surface area (TPSA) is 92.8 Å². The van der Waals surface area contributed by atoms with Crippen molar-refractivity contribution < 1.29 is 31.5 Å². The molecule has 0 unspecified atom stereocenters. The number of para-hydroxylation sites is 1. The number of ether oxygens (including phenoxy) is 1. The van der Waals surface area contributed by atoms with E-state index in [2.05, 4.69) is 5.32 Å². The van der Waals surface area contributed by atoms with E-state index in [1.807, 2.05) is 0 Å². The van der Waals surface area contributed by atoms with Crippen molar-refractivity contribution in [2.45, 2.75) is 4.90 Å². The van der Waals surface area contributed by atoms with Crippen LogP contribution in [0.5, 0.6) is 0 Å². The van der Waals surface area contributed by atoms with E-state index in [0.29, 0.717) is 11.8 Å². The van der Waals surface area contributed by atoms with Gasteiger partial charge in [0.1, 0.15) is 11.6 Å². The highest BCUT2D eigenvalue weighted by Gasteiger charge is 2.22. The van der Waals surface area contributed by atoms with Crippen molar-refractivity contribution in [3.05, 3.63) is 90.0 Å². The van der Waals surface area contributed by atoms with E-state index in [-0.39, 0.29) is 16.1 Å². The number of anilines is 2. The first-order valence-electron chi connectivity index (χ1n) is 9.24. The van der Waals surface area contributed by atoms with Crippen LogP contribution >= 0.6 is 0 Å². The summed E-state index contributed by atoms with van der Waals surface area (Å²) < 4.78 is 57.8. The number of rotatable bonds is 7. The number of benzene rings is 3. The third-order valence-electron chi connectivity index (χ3n) is 4.35. The van der Waals surface area contributed by atoms with Gasteiger partial charge in [-0.25, -0.2) is 22.0 Å². The summed E-state index contributed by atoms with van der Waals surface area (Å²) in [7, 11) is -2.43. The lowest BCUT2D eigenvalue weighted by Gasteiger charge is -2.19. The number of nitrogens with zero attached hydrogens (tertiary/aromatic N) is 1. The first kappa shape index (κ1) is 22.9. The molecule has 0 aliphatic rings. The summed E-state index contributed by atoms with van der Waals surface area (Å²) >= 11 is 0. The van der Waals surface area contributed by atoms with E-state index in [1.54, 1.807) is 30.3 Å². The zero-order chi connectivity index (χ0) is 23.3. The van der Waals surface area contributed by atoms with Crippen LogP contribution in [0.15, 0.2) is 77.7 Å². The predicted molar refractivity (Wildman–Crippen MR) is 114 cm³/mol. The number of hydrogen-bond donors (Lipinski definition) is 1. The number of sulfonamides is 1. The SMILES string of the molecule is CN(c1ccccc1)S(=O)(=O)c1ccc(C(=O)OCC(=O)Nc2cc(F)cc(F)c2)cc1. The Morgan fingerprint density at radius 3 is 2.12 bits per heavy atom. The summed E-state index contributed by atoms with van der Waals surface area (Å²) in [5.74, 6) is -3.41. The number of carbonyl (C=O) groups excluding carboxylic acids is 2. The highest BCUT2D eigenvalue weighted by atomic mass is 32.2. The summed E-state index contributed by atoms with van der Waals surface area (Å²) in [4.78, 5) is 24.0. The fourth-order valence-corrected chi connectivity index (χ4v) is 3.93. The predicted octanol–water partition coefficient (Wildman–Crippen LogP) is 3.59. The van der Waals surface area contributed by atoms with Crippen LogP contribution in [0.4, 0.5) is 20.2 Å². The molecule has 1 N–H and O–H groups in total. The van der Waals surface area contributed by atoms with Gasteiger partial charge < -0.3 is 10.1 Å². The Kier molecular flexibility index (Phi) is 6.84. The highest BCUT2D eigenvalue weighted by Crippen LogP contribution is 2.22. The van der Waals surface area contributed by atoms with Crippen molar-refractivity contribution in [3.8, 4) is 0 Å². The minimum atomic E-state index is -3.85. The van der Waals surface area contributed by atoms with Gasteiger partial charge in [-0.1, -0.05) is 18.2 Å². The van der Waals surface area contributed by atoms with Crippen molar-refractivity contribution in [1.29, 1.82) is 0 Å². The Hall–Kier alpha value is -3.79.